The number of benzene rings is 1. The molecule has 1 aromatic heterocycles. The molecule has 0 spiro atoms. The van der Waals surface area contributed by atoms with Crippen molar-refractivity contribution in [1.29, 1.82) is 0 Å². The van der Waals surface area contributed by atoms with Crippen LogP contribution in [-0.2, 0) is 0 Å². The third kappa shape index (κ3) is 2.85. The van der Waals surface area contributed by atoms with Gasteiger partial charge in [0.15, 0.2) is 0 Å². The number of nitrogens with zero attached hydrogens (tertiary/aromatic N) is 1. The maximum atomic E-state index is 9.58. The molecule has 96 valence electrons. The number of anilines is 1. The van der Waals surface area contributed by atoms with Crippen molar-refractivity contribution in [3.63, 3.8) is 0 Å². The molecule has 3 nitrogen and oxygen atoms in total. The van der Waals surface area contributed by atoms with Gasteiger partial charge in [0.1, 0.15) is 11.6 Å². The number of aromatic hydroxyl groups is 1. The molecule has 2 rings (SSSR count). The molecule has 0 unspecified atom stereocenters. The highest BCUT2D eigenvalue weighted by atomic mass is 35.5. The molecule has 0 bridgehead atoms. The first-order chi connectivity index (χ1) is 8.52. The second kappa shape index (κ2) is 5.02. The van der Waals surface area contributed by atoms with Crippen LogP contribution in [0.25, 0.3) is 10.8 Å². The molecule has 0 saturated heterocycles. The third-order valence-electron chi connectivity index (χ3n) is 2.93. The highest BCUT2D eigenvalue weighted by Gasteiger charge is 2.18. The van der Waals surface area contributed by atoms with Gasteiger partial charge in [0.25, 0.3) is 0 Å². The fraction of sp³-hybridized carbons (Fsp3) is 0.357. The summed E-state index contributed by atoms with van der Waals surface area (Å²) in [6.45, 7) is 4.16. The maximum Gasteiger partial charge on any atom is 0.134 e. The van der Waals surface area contributed by atoms with E-state index in [1.54, 1.807) is 18.3 Å². The summed E-state index contributed by atoms with van der Waals surface area (Å²) in [5.74, 6) is 1.61. The topological polar surface area (TPSA) is 45.2 Å². The summed E-state index contributed by atoms with van der Waals surface area (Å²) in [7, 11) is 0. The van der Waals surface area contributed by atoms with E-state index in [1.807, 2.05) is 12.1 Å². The third-order valence-corrected chi connectivity index (χ3v) is 3.11. The molecule has 4 heteroatoms. The SMILES string of the molecule is CC(C)(CCCl)Nc1nccc2ccc(O)cc12. The lowest BCUT2D eigenvalue weighted by atomic mass is 10.0. The van der Waals surface area contributed by atoms with Crippen molar-refractivity contribution in [1.82, 2.24) is 4.98 Å². The van der Waals surface area contributed by atoms with Crippen LogP contribution < -0.4 is 5.32 Å². The van der Waals surface area contributed by atoms with Crippen LogP contribution in [0.5, 0.6) is 5.75 Å². The lowest BCUT2D eigenvalue weighted by Crippen LogP contribution is -2.31. The van der Waals surface area contributed by atoms with Crippen LogP contribution in [0.1, 0.15) is 20.3 Å². The van der Waals surface area contributed by atoms with Gasteiger partial charge >= 0.3 is 0 Å². The Morgan fingerprint density at radius 3 is 2.83 bits per heavy atom. The van der Waals surface area contributed by atoms with E-state index in [0.29, 0.717) is 5.88 Å². The van der Waals surface area contributed by atoms with Crippen LogP contribution in [0, 0.1) is 0 Å². The molecule has 0 aliphatic heterocycles. The van der Waals surface area contributed by atoms with Gasteiger partial charge in [-0.05, 0) is 43.9 Å². The van der Waals surface area contributed by atoms with E-state index in [0.717, 1.165) is 23.0 Å². The quantitative estimate of drug-likeness (QED) is 0.827. The molecular weight excluding hydrogens is 248 g/mol. The summed E-state index contributed by atoms with van der Waals surface area (Å²) in [4.78, 5) is 4.35. The lowest BCUT2D eigenvalue weighted by Gasteiger charge is -2.26. The number of fused-ring (bicyclic) bond motifs is 1. The number of pyridine rings is 1. The Morgan fingerprint density at radius 1 is 1.33 bits per heavy atom. The molecule has 1 aromatic carbocycles. The normalized spacial score (nSPS) is 11.7. The highest BCUT2D eigenvalue weighted by Crippen LogP contribution is 2.27. The van der Waals surface area contributed by atoms with Gasteiger partial charge in [0.05, 0.1) is 0 Å². The molecule has 0 aliphatic rings. The average molecular weight is 265 g/mol. The largest absolute Gasteiger partial charge is 0.508 e. The van der Waals surface area contributed by atoms with Crippen LogP contribution in [0.2, 0.25) is 0 Å². The van der Waals surface area contributed by atoms with Gasteiger partial charge in [-0.1, -0.05) is 6.07 Å². The summed E-state index contributed by atoms with van der Waals surface area (Å²) >= 11 is 5.80. The van der Waals surface area contributed by atoms with Crippen molar-refractivity contribution < 1.29 is 5.11 Å². The van der Waals surface area contributed by atoms with Crippen molar-refractivity contribution in [3.05, 3.63) is 30.5 Å². The molecule has 0 amide bonds. The smallest absolute Gasteiger partial charge is 0.134 e. The van der Waals surface area contributed by atoms with Crippen molar-refractivity contribution in [2.24, 2.45) is 0 Å². The first-order valence-corrected chi connectivity index (χ1v) is 6.47. The average Bonchev–Trinajstić information content (AvgIpc) is 2.29. The molecule has 0 fully saturated rings. The Bertz CT molecular complexity index is 554. The zero-order chi connectivity index (χ0) is 13.2. The fourth-order valence-corrected chi connectivity index (χ4v) is 2.35. The minimum atomic E-state index is -0.130. The number of aromatic nitrogens is 1. The van der Waals surface area contributed by atoms with Gasteiger partial charge in [-0.25, -0.2) is 4.98 Å². The van der Waals surface area contributed by atoms with E-state index in [2.05, 4.69) is 24.1 Å². The van der Waals surface area contributed by atoms with E-state index in [9.17, 15) is 5.11 Å². The zero-order valence-corrected chi connectivity index (χ0v) is 11.3. The molecule has 2 aromatic rings. The highest BCUT2D eigenvalue weighted by molar-refractivity contribution is 6.17. The number of hydrogen-bond donors (Lipinski definition) is 2. The van der Waals surface area contributed by atoms with Crippen LogP contribution >= 0.6 is 11.6 Å². The number of halogens is 1. The number of hydrogen-bond acceptors (Lipinski definition) is 3. The molecular formula is C14H17ClN2O. The van der Waals surface area contributed by atoms with E-state index in [4.69, 9.17) is 11.6 Å². The first kappa shape index (κ1) is 13.0. The van der Waals surface area contributed by atoms with Gasteiger partial charge in [-0.3, -0.25) is 0 Å². The molecule has 1 heterocycles. The van der Waals surface area contributed by atoms with Gasteiger partial charge < -0.3 is 10.4 Å². The number of alkyl halides is 1. The van der Waals surface area contributed by atoms with E-state index < -0.39 is 0 Å². The van der Waals surface area contributed by atoms with Gasteiger partial charge in [-0.2, -0.15) is 0 Å². The van der Waals surface area contributed by atoms with Gasteiger partial charge in [0, 0.05) is 23.0 Å². The van der Waals surface area contributed by atoms with Crippen molar-refractivity contribution >= 4 is 28.2 Å². The van der Waals surface area contributed by atoms with Crippen LogP contribution in [0.3, 0.4) is 0 Å². The minimum absolute atomic E-state index is 0.130. The predicted molar refractivity (Wildman–Crippen MR) is 76.4 cm³/mol. The van der Waals surface area contributed by atoms with E-state index in [1.165, 1.54) is 0 Å². The number of phenolic OH excluding ortho intramolecular Hbond substituents is 1. The van der Waals surface area contributed by atoms with Crippen LogP contribution in [0.15, 0.2) is 30.5 Å². The monoisotopic (exact) mass is 264 g/mol. The number of rotatable bonds is 4. The zero-order valence-electron chi connectivity index (χ0n) is 10.6. The summed E-state index contributed by atoms with van der Waals surface area (Å²) in [6, 6.07) is 7.21. The van der Waals surface area contributed by atoms with E-state index >= 15 is 0 Å². The standard InChI is InChI=1S/C14H17ClN2O/c1-14(2,6-7-15)17-13-12-9-11(18)4-3-10(12)5-8-16-13/h3-5,8-9,18H,6-7H2,1-2H3,(H,16,17). The molecule has 18 heavy (non-hydrogen) atoms. The number of phenols is 1. The van der Waals surface area contributed by atoms with Crippen molar-refractivity contribution in [3.8, 4) is 5.75 Å². The Balaban J connectivity index is 2.41. The number of nitrogens with one attached hydrogen (secondary N) is 1. The predicted octanol–water partition coefficient (Wildman–Crippen LogP) is 3.76. The molecule has 0 atom stereocenters. The Labute approximate surface area is 112 Å². The van der Waals surface area contributed by atoms with Gasteiger partial charge in [-0.15, -0.1) is 11.6 Å². The van der Waals surface area contributed by atoms with Crippen molar-refractivity contribution in [2.45, 2.75) is 25.8 Å². The van der Waals surface area contributed by atoms with Crippen LogP contribution in [0.4, 0.5) is 5.82 Å². The molecule has 0 saturated carbocycles. The molecule has 2 N–H and O–H groups in total. The van der Waals surface area contributed by atoms with E-state index in [-0.39, 0.29) is 11.3 Å². The fourth-order valence-electron chi connectivity index (χ4n) is 1.88. The molecule has 0 radical (unpaired) electrons. The second-order valence-electron chi connectivity index (χ2n) is 5.01. The second-order valence-corrected chi connectivity index (χ2v) is 5.39. The Kier molecular flexibility index (Phi) is 3.62. The van der Waals surface area contributed by atoms with Gasteiger partial charge in [0.2, 0.25) is 0 Å². The maximum absolute atomic E-state index is 9.58. The molecule has 0 aliphatic carbocycles. The lowest BCUT2D eigenvalue weighted by molar-refractivity contribution is 0.476. The Hall–Kier alpha value is -1.48. The first-order valence-electron chi connectivity index (χ1n) is 5.94. The van der Waals surface area contributed by atoms with Crippen LogP contribution in [-0.4, -0.2) is 21.5 Å². The summed E-state index contributed by atoms with van der Waals surface area (Å²) < 4.78 is 0. The minimum Gasteiger partial charge on any atom is -0.508 e. The summed E-state index contributed by atoms with van der Waals surface area (Å²) in [5.41, 5.74) is -0.130. The summed E-state index contributed by atoms with van der Waals surface area (Å²) in [6.07, 6.45) is 2.60. The van der Waals surface area contributed by atoms with Crippen molar-refractivity contribution in [2.75, 3.05) is 11.2 Å². The Morgan fingerprint density at radius 2 is 2.11 bits per heavy atom. The summed E-state index contributed by atoms with van der Waals surface area (Å²) in [5, 5.41) is 14.9.